The molecule has 12 heteroatoms. The van der Waals surface area contributed by atoms with E-state index in [9.17, 15) is 35.5 Å². The molecule has 0 radical (unpaired) electrons. The predicted molar refractivity (Wildman–Crippen MR) is 92.4 cm³/mol. The molecule has 0 spiro atoms. The Bertz CT molecular complexity index is 1010. The second-order valence-corrected chi connectivity index (χ2v) is 7.57. The van der Waals surface area contributed by atoms with Crippen LogP contribution in [0, 0.1) is 11.7 Å². The fourth-order valence-electron chi connectivity index (χ4n) is 4.38. The number of carbonyl (C=O) groups excluding carboxylic acids is 1. The van der Waals surface area contributed by atoms with E-state index in [-0.39, 0.29) is 5.69 Å². The Balaban J connectivity index is 1.65. The molecule has 0 unspecified atom stereocenters. The highest BCUT2D eigenvalue weighted by atomic mass is 19.4. The summed E-state index contributed by atoms with van der Waals surface area (Å²) >= 11 is 0. The summed E-state index contributed by atoms with van der Waals surface area (Å²) in [6, 6.07) is 3.31. The smallest absolute Gasteiger partial charge is 0.373 e. The minimum Gasteiger partial charge on any atom is -0.373 e. The summed E-state index contributed by atoms with van der Waals surface area (Å²) < 4.78 is 99.0. The average Bonchev–Trinajstić information content (AvgIpc) is 3.35. The van der Waals surface area contributed by atoms with Gasteiger partial charge in [0.25, 0.3) is 0 Å². The van der Waals surface area contributed by atoms with E-state index in [0.29, 0.717) is 18.9 Å². The first-order valence-corrected chi connectivity index (χ1v) is 9.31. The standard InChI is InChI=1S/C19H16F7N3O2/c1-29-10(7-13(28-29)19(24,25)26)14-11-5-6-12(31-11)15(14)17(30)27-9-4-2-3-8(16(9)20)18(21,22)23/h2-4,7,11-12,14-15H,5-6H2,1H3,(H,27,30)/t11-,12+,14+,15-/m0/s1. The van der Waals surface area contributed by atoms with Crippen molar-refractivity contribution in [1.29, 1.82) is 0 Å². The first-order chi connectivity index (χ1) is 14.4. The number of hydrogen-bond donors (Lipinski definition) is 1. The van der Waals surface area contributed by atoms with Gasteiger partial charge in [-0.25, -0.2) is 4.39 Å². The highest BCUT2D eigenvalue weighted by molar-refractivity contribution is 5.94. The molecule has 1 aromatic carbocycles. The van der Waals surface area contributed by atoms with E-state index in [1.54, 1.807) is 0 Å². The maximum absolute atomic E-state index is 14.3. The van der Waals surface area contributed by atoms with Crippen molar-refractivity contribution in [3.05, 3.63) is 47.0 Å². The molecule has 0 aliphatic carbocycles. The number of anilines is 1. The molecule has 3 heterocycles. The molecule has 2 aliphatic rings. The minimum atomic E-state index is -4.95. The predicted octanol–water partition coefficient (Wildman–Crippen LogP) is 4.50. The molecular formula is C19H16F7N3O2. The third kappa shape index (κ3) is 3.77. The highest BCUT2D eigenvalue weighted by Crippen LogP contribution is 2.50. The lowest BCUT2D eigenvalue weighted by molar-refractivity contribution is -0.141. The van der Waals surface area contributed by atoms with Crippen LogP contribution in [0.15, 0.2) is 24.3 Å². The lowest BCUT2D eigenvalue weighted by atomic mass is 9.76. The van der Waals surface area contributed by atoms with Crippen molar-refractivity contribution in [2.24, 2.45) is 13.0 Å². The van der Waals surface area contributed by atoms with Crippen LogP contribution in [-0.2, 0) is 28.9 Å². The Morgan fingerprint density at radius 2 is 1.81 bits per heavy atom. The number of rotatable bonds is 3. The van der Waals surface area contributed by atoms with E-state index in [4.69, 9.17) is 4.74 Å². The molecule has 1 aromatic heterocycles. The molecule has 1 amide bonds. The van der Waals surface area contributed by atoms with Gasteiger partial charge in [-0.1, -0.05) is 6.07 Å². The van der Waals surface area contributed by atoms with Crippen LogP contribution in [0.2, 0.25) is 0 Å². The molecule has 168 valence electrons. The Hall–Kier alpha value is -2.63. The van der Waals surface area contributed by atoms with Crippen molar-refractivity contribution in [1.82, 2.24) is 9.78 Å². The number of ether oxygens (including phenoxy) is 1. The number of fused-ring (bicyclic) bond motifs is 2. The number of aryl methyl sites for hydroxylation is 1. The second kappa shape index (κ2) is 7.21. The van der Waals surface area contributed by atoms with E-state index in [1.165, 1.54) is 7.05 Å². The van der Waals surface area contributed by atoms with Crippen LogP contribution in [0.4, 0.5) is 36.4 Å². The van der Waals surface area contributed by atoms with Gasteiger partial charge in [0.2, 0.25) is 5.91 Å². The number of halogens is 7. The summed E-state index contributed by atoms with van der Waals surface area (Å²) in [7, 11) is 1.30. The lowest BCUT2D eigenvalue weighted by Gasteiger charge is -2.27. The summed E-state index contributed by atoms with van der Waals surface area (Å²) in [6.07, 6.45) is -9.88. The number of alkyl halides is 6. The zero-order chi connectivity index (χ0) is 22.7. The zero-order valence-electron chi connectivity index (χ0n) is 15.9. The van der Waals surface area contributed by atoms with E-state index in [0.717, 1.165) is 22.9 Å². The van der Waals surface area contributed by atoms with E-state index < -0.39 is 65.1 Å². The maximum atomic E-state index is 14.3. The Kier molecular flexibility index (Phi) is 5.02. The molecule has 4 atom stereocenters. The fourth-order valence-corrected chi connectivity index (χ4v) is 4.38. The molecule has 2 aromatic rings. The normalized spacial score (nSPS) is 25.8. The Morgan fingerprint density at radius 3 is 2.42 bits per heavy atom. The van der Waals surface area contributed by atoms with Gasteiger partial charge in [0.1, 0.15) is 0 Å². The van der Waals surface area contributed by atoms with E-state index in [2.05, 4.69) is 10.4 Å². The molecule has 2 bridgehead atoms. The number of carbonyl (C=O) groups is 1. The Labute approximate surface area is 171 Å². The molecule has 2 aliphatic heterocycles. The largest absolute Gasteiger partial charge is 0.435 e. The second-order valence-electron chi connectivity index (χ2n) is 7.57. The van der Waals surface area contributed by atoms with Crippen molar-refractivity contribution in [3.63, 3.8) is 0 Å². The molecule has 31 heavy (non-hydrogen) atoms. The molecule has 2 fully saturated rings. The molecule has 0 saturated carbocycles. The first kappa shape index (κ1) is 21.6. The third-order valence-electron chi connectivity index (χ3n) is 5.69. The molecule has 4 rings (SSSR count). The average molecular weight is 451 g/mol. The highest BCUT2D eigenvalue weighted by Gasteiger charge is 2.54. The number of amides is 1. The van der Waals surface area contributed by atoms with Crippen LogP contribution in [0.3, 0.4) is 0 Å². The first-order valence-electron chi connectivity index (χ1n) is 9.31. The summed E-state index contributed by atoms with van der Waals surface area (Å²) in [5, 5.41) is 5.62. The van der Waals surface area contributed by atoms with Crippen LogP contribution < -0.4 is 5.32 Å². The monoisotopic (exact) mass is 451 g/mol. The van der Waals surface area contributed by atoms with Gasteiger partial charge < -0.3 is 10.1 Å². The quantitative estimate of drug-likeness (QED) is 0.700. The topological polar surface area (TPSA) is 56.2 Å². The summed E-state index contributed by atoms with van der Waals surface area (Å²) in [4.78, 5) is 12.9. The van der Waals surface area contributed by atoms with Gasteiger partial charge in [-0.15, -0.1) is 0 Å². The number of nitrogens with zero attached hydrogens (tertiary/aromatic N) is 2. The number of benzene rings is 1. The lowest BCUT2D eigenvalue weighted by Crippen LogP contribution is -2.37. The Morgan fingerprint density at radius 1 is 1.13 bits per heavy atom. The van der Waals surface area contributed by atoms with Crippen molar-refractivity contribution < 1.29 is 40.3 Å². The van der Waals surface area contributed by atoms with Gasteiger partial charge in [0.05, 0.1) is 29.4 Å². The van der Waals surface area contributed by atoms with Crippen LogP contribution in [0.1, 0.15) is 35.7 Å². The van der Waals surface area contributed by atoms with Crippen LogP contribution in [0.25, 0.3) is 0 Å². The number of aromatic nitrogens is 2. The van der Waals surface area contributed by atoms with Crippen molar-refractivity contribution in [2.75, 3.05) is 5.32 Å². The van der Waals surface area contributed by atoms with Gasteiger partial charge in [0.15, 0.2) is 11.5 Å². The SMILES string of the molecule is Cn1nc(C(F)(F)F)cc1[C@H]1[C@@H](C(=O)Nc2cccc(C(F)(F)F)c2F)[C@H]2CC[C@@H]1O2. The molecule has 2 saturated heterocycles. The van der Waals surface area contributed by atoms with Crippen molar-refractivity contribution in [2.45, 2.75) is 43.3 Å². The summed E-state index contributed by atoms with van der Waals surface area (Å²) in [6.45, 7) is 0. The fraction of sp³-hybridized carbons (Fsp3) is 0.474. The van der Waals surface area contributed by atoms with Crippen molar-refractivity contribution >= 4 is 11.6 Å². The van der Waals surface area contributed by atoms with Crippen LogP contribution >= 0.6 is 0 Å². The van der Waals surface area contributed by atoms with Crippen molar-refractivity contribution in [3.8, 4) is 0 Å². The van der Waals surface area contributed by atoms with Gasteiger partial charge in [-0.3, -0.25) is 9.48 Å². The molecular weight excluding hydrogens is 435 g/mol. The van der Waals surface area contributed by atoms with Gasteiger partial charge in [-0.05, 0) is 31.0 Å². The van der Waals surface area contributed by atoms with Gasteiger partial charge in [0, 0.05) is 18.7 Å². The summed E-state index contributed by atoms with van der Waals surface area (Å²) in [5.74, 6) is -4.28. The molecule has 1 N–H and O–H groups in total. The number of hydrogen-bond acceptors (Lipinski definition) is 3. The van der Waals surface area contributed by atoms with Crippen LogP contribution in [-0.4, -0.2) is 27.9 Å². The van der Waals surface area contributed by atoms with Gasteiger partial charge >= 0.3 is 12.4 Å². The third-order valence-corrected chi connectivity index (χ3v) is 5.69. The van der Waals surface area contributed by atoms with Crippen LogP contribution in [0.5, 0.6) is 0 Å². The van der Waals surface area contributed by atoms with E-state index in [1.807, 2.05) is 0 Å². The number of nitrogens with one attached hydrogen (secondary N) is 1. The van der Waals surface area contributed by atoms with Gasteiger partial charge in [-0.2, -0.15) is 31.4 Å². The summed E-state index contributed by atoms with van der Waals surface area (Å²) in [5.41, 5.74) is -3.21. The minimum absolute atomic E-state index is 0.115. The molecule has 5 nitrogen and oxygen atoms in total. The maximum Gasteiger partial charge on any atom is 0.435 e. The van der Waals surface area contributed by atoms with E-state index >= 15 is 0 Å². The zero-order valence-corrected chi connectivity index (χ0v) is 15.9.